The maximum Gasteiger partial charge on any atom is 0.337 e. The summed E-state index contributed by atoms with van der Waals surface area (Å²) in [5.41, 5.74) is 0.0281. The third kappa shape index (κ3) is 4.04. The minimum atomic E-state index is -1.20. The van der Waals surface area contributed by atoms with Crippen molar-refractivity contribution < 1.29 is 23.8 Å². The van der Waals surface area contributed by atoms with E-state index in [-0.39, 0.29) is 39.9 Å². The summed E-state index contributed by atoms with van der Waals surface area (Å²) < 4.78 is 19.1. The Balaban J connectivity index is 2.14. The molecule has 5 nitrogen and oxygen atoms in total. The summed E-state index contributed by atoms with van der Waals surface area (Å²) in [6.07, 6.45) is 5.09. The molecular weight excluding hydrogens is 357 g/mol. The van der Waals surface area contributed by atoms with Gasteiger partial charge in [0.05, 0.1) is 10.6 Å². The van der Waals surface area contributed by atoms with Crippen LogP contribution in [-0.2, 0) is 6.54 Å². The van der Waals surface area contributed by atoms with Gasteiger partial charge in [0, 0.05) is 12.1 Å². The molecule has 0 spiro atoms. The number of nitrogens with one attached hydrogen (secondary N) is 1. The topological polar surface area (TPSA) is 75.6 Å². The van der Waals surface area contributed by atoms with Crippen molar-refractivity contribution in [3.05, 3.63) is 50.4 Å². The third-order valence-corrected chi connectivity index (χ3v) is 4.16. The van der Waals surface area contributed by atoms with Crippen LogP contribution in [0.1, 0.15) is 25.6 Å². The molecule has 2 N–H and O–H groups in total. The van der Waals surface area contributed by atoms with Gasteiger partial charge in [-0.25, -0.2) is 9.18 Å². The van der Waals surface area contributed by atoms with Crippen molar-refractivity contribution >= 4 is 34.8 Å². The molecule has 24 heavy (non-hydrogen) atoms. The van der Waals surface area contributed by atoms with Crippen molar-refractivity contribution in [1.82, 2.24) is 5.32 Å². The average Bonchev–Trinajstić information content (AvgIpc) is 3.02. The molecule has 0 unspecified atom stereocenters. The van der Waals surface area contributed by atoms with Crippen molar-refractivity contribution in [2.24, 2.45) is 0 Å². The smallest absolute Gasteiger partial charge is 0.337 e. The maximum absolute atomic E-state index is 13.9. The number of amides is 1. The van der Waals surface area contributed by atoms with Crippen LogP contribution in [0, 0.1) is 18.2 Å². The standard InChI is InChI=1S/C16H11ClFNO4S/c1-2-4-23-13-6-9(12(18)7-11(13)17)8-19-15(20)14-10(16(21)22)3-5-24-14/h1,3,5-7H,4,8H2,(H,19,20)(H,21,22). The van der Waals surface area contributed by atoms with Crippen molar-refractivity contribution in [2.45, 2.75) is 6.54 Å². The van der Waals surface area contributed by atoms with Crippen molar-refractivity contribution in [3.63, 3.8) is 0 Å². The first kappa shape index (κ1) is 17.8. The van der Waals surface area contributed by atoms with E-state index in [1.807, 2.05) is 0 Å². The molecule has 1 aromatic heterocycles. The molecule has 0 aliphatic carbocycles. The Labute approximate surface area is 146 Å². The minimum absolute atomic E-state index is 0.0334. The fourth-order valence-corrected chi connectivity index (χ4v) is 2.85. The van der Waals surface area contributed by atoms with Crippen molar-refractivity contribution in [3.8, 4) is 18.1 Å². The highest BCUT2D eigenvalue weighted by Gasteiger charge is 2.18. The summed E-state index contributed by atoms with van der Waals surface area (Å²) in [5, 5.41) is 13.0. The predicted octanol–water partition coefficient (Wildman–Crippen LogP) is 3.18. The number of carbonyl (C=O) groups excluding carboxylic acids is 1. The lowest BCUT2D eigenvalue weighted by Crippen LogP contribution is -2.24. The number of halogens is 2. The normalized spacial score (nSPS) is 10.0. The van der Waals surface area contributed by atoms with Crippen LogP contribution in [-0.4, -0.2) is 23.6 Å². The second-order valence-electron chi connectivity index (χ2n) is 4.52. The van der Waals surface area contributed by atoms with Gasteiger partial charge in [0.15, 0.2) is 0 Å². The van der Waals surface area contributed by atoms with Crippen LogP contribution in [0.2, 0.25) is 5.02 Å². The Morgan fingerprint density at radius 1 is 1.46 bits per heavy atom. The molecule has 0 radical (unpaired) electrons. The van der Waals surface area contributed by atoms with Crippen LogP contribution < -0.4 is 10.1 Å². The monoisotopic (exact) mass is 367 g/mol. The van der Waals surface area contributed by atoms with E-state index in [0.29, 0.717) is 0 Å². The van der Waals surface area contributed by atoms with Crippen LogP contribution in [0.5, 0.6) is 5.75 Å². The fourth-order valence-electron chi connectivity index (χ4n) is 1.85. The Hall–Kier alpha value is -2.56. The van der Waals surface area contributed by atoms with Crippen molar-refractivity contribution in [1.29, 1.82) is 0 Å². The highest BCUT2D eigenvalue weighted by atomic mass is 35.5. The molecule has 2 aromatic rings. The van der Waals surface area contributed by atoms with Crippen LogP contribution in [0.15, 0.2) is 23.6 Å². The number of aromatic carboxylic acids is 1. The zero-order valence-corrected chi connectivity index (χ0v) is 13.7. The molecular formula is C16H11ClFNO4S. The quantitative estimate of drug-likeness (QED) is 0.769. The van der Waals surface area contributed by atoms with Crippen LogP contribution in [0.25, 0.3) is 0 Å². The van der Waals surface area contributed by atoms with Crippen molar-refractivity contribution in [2.75, 3.05) is 6.61 Å². The van der Waals surface area contributed by atoms with E-state index in [1.165, 1.54) is 17.5 Å². The minimum Gasteiger partial charge on any atom is -0.479 e. The maximum atomic E-state index is 13.9. The highest BCUT2D eigenvalue weighted by molar-refractivity contribution is 7.12. The number of carboxylic acids is 1. The lowest BCUT2D eigenvalue weighted by molar-refractivity contribution is 0.0692. The second-order valence-corrected chi connectivity index (χ2v) is 5.84. The summed E-state index contributed by atoms with van der Waals surface area (Å²) in [7, 11) is 0. The van der Waals surface area contributed by atoms with Gasteiger partial charge in [0.25, 0.3) is 5.91 Å². The van der Waals surface area contributed by atoms with Gasteiger partial charge in [-0.05, 0) is 23.6 Å². The van der Waals surface area contributed by atoms with E-state index in [4.69, 9.17) is 27.9 Å². The molecule has 0 saturated heterocycles. The van der Waals surface area contributed by atoms with Gasteiger partial charge in [-0.2, -0.15) is 0 Å². The Morgan fingerprint density at radius 3 is 2.88 bits per heavy atom. The summed E-state index contributed by atoms with van der Waals surface area (Å²) in [5.74, 6) is 0.0214. The summed E-state index contributed by atoms with van der Waals surface area (Å²) >= 11 is 6.84. The zero-order valence-electron chi connectivity index (χ0n) is 12.1. The number of hydrogen-bond donors (Lipinski definition) is 2. The number of thiophene rings is 1. The number of hydrogen-bond acceptors (Lipinski definition) is 4. The van der Waals surface area contributed by atoms with Crippen LogP contribution in [0.3, 0.4) is 0 Å². The SMILES string of the molecule is C#CCOc1cc(CNC(=O)c2sccc2C(=O)O)c(F)cc1Cl. The molecule has 1 heterocycles. The van der Waals surface area contributed by atoms with Gasteiger partial charge in [-0.1, -0.05) is 17.5 Å². The number of ether oxygens (including phenoxy) is 1. The molecule has 1 aromatic carbocycles. The van der Waals surface area contributed by atoms with Gasteiger partial charge in [0.1, 0.15) is 23.1 Å². The van der Waals surface area contributed by atoms with E-state index in [9.17, 15) is 14.0 Å². The molecule has 1 amide bonds. The summed E-state index contributed by atoms with van der Waals surface area (Å²) in [6, 6.07) is 3.72. The molecule has 2 rings (SSSR count). The highest BCUT2D eigenvalue weighted by Crippen LogP contribution is 2.28. The number of carbonyl (C=O) groups is 2. The first-order chi connectivity index (χ1) is 11.4. The van der Waals surface area contributed by atoms with Crippen LogP contribution in [0.4, 0.5) is 4.39 Å². The number of terminal acetylenes is 1. The largest absolute Gasteiger partial charge is 0.479 e. The molecule has 0 bridgehead atoms. The molecule has 0 fully saturated rings. The predicted molar refractivity (Wildman–Crippen MR) is 88.2 cm³/mol. The lowest BCUT2D eigenvalue weighted by atomic mass is 10.2. The third-order valence-electron chi connectivity index (χ3n) is 2.95. The summed E-state index contributed by atoms with van der Waals surface area (Å²) in [6.45, 7) is -0.195. The Bertz CT molecular complexity index is 828. The molecule has 0 atom stereocenters. The number of rotatable bonds is 6. The second kappa shape index (κ2) is 7.81. The average molecular weight is 368 g/mol. The Morgan fingerprint density at radius 2 is 2.21 bits per heavy atom. The van der Waals surface area contributed by atoms with Gasteiger partial charge in [-0.3, -0.25) is 4.79 Å². The first-order valence-electron chi connectivity index (χ1n) is 6.57. The van der Waals surface area contributed by atoms with E-state index in [0.717, 1.165) is 17.4 Å². The molecule has 0 saturated carbocycles. The van der Waals surface area contributed by atoms with E-state index >= 15 is 0 Å². The van der Waals surface area contributed by atoms with Gasteiger partial charge >= 0.3 is 5.97 Å². The fraction of sp³-hybridized carbons (Fsp3) is 0.125. The van der Waals surface area contributed by atoms with Gasteiger partial charge < -0.3 is 15.2 Å². The molecule has 124 valence electrons. The van der Waals surface area contributed by atoms with Gasteiger partial charge in [-0.15, -0.1) is 17.8 Å². The van der Waals surface area contributed by atoms with Crippen LogP contribution >= 0.6 is 22.9 Å². The lowest BCUT2D eigenvalue weighted by Gasteiger charge is -2.10. The number of carboxylic acid groups (broad SMARTS) is 1. The zero-order chi connectivity index (χ0) is 17.7. The van der Waals surface area contributed by atoms with Gasteiger partial charge in [0.2, 0.25) is 0 Å². The number of benzene rings is 1. The van der Waals surface area contributed by atoms with E-state index < -0.39 is 17.7 Å². The summed E-state index contributed by atoms with van der Waals surface area (Å²) in [4.78, 5) is 23.1. The van der Waals surface area contributed by atoms with E-state index in [1.54, 1.807) is 0 Å². The van der Waals surface area contributed by atoms with E-state index in [2.05, 4.69) is 11.2 Å². The molecule has 0 aliphatic rings. The molecule has 8 heteroatoms. The Kier molecular flexibility index (Phi) is 5.79. The first-order valence-corrected chi connectivity index (χ1v) is 7.83. The molecule has 0 aliphatic heterocycles.